The number of piperazine rings is 1. The van der Waals surface area contributed by atoms with Crippen molar-refractivity contribution in [2.75, 3.05) is 26.7 Å². The molecule has 0 aromatic carbocycles. The average molecular weight is 225 g/mol. The van der Waals surface area contributed by atoms with Gasteiger partial charge in [0.15, 0.2) is 5.76 Å². The number of aromatic nitrogens is 1. The molecular weight excluding hydrogens is 210 g/mol. The fraction of sp³-hybridized carbons (Fsp3) is 0.600. The zero-order valence-electron chi connectivity index (χ0n) is 9.40. The largest absolute Gasteiger partial charge is 0.453 e. The lowest BCUT2D eigenvalue weighted by molar-refractivity contribution is 0.106. The summed E-state index contributed by atoms with van der Waals surface area (Å²) in [6.45, 7) is 3.78. The predicted octanol–water partition coefficient (Wildman–Crippen LogP) is 0.696. The van der Waals surface area contributed by atoms with Gasteiger partial charge in [0.05, 0.1) is 18.8 Å². The summed E-state index contributed by atoms with van der Waals surface area (Å²) in [6, 6.07) is 1.87. The molecule has 2 heterocycles. The zero-order valence-corrected chi connectivity index (χ0v) is 9.40. The molecule has 6 nitrogen and oxygen atoms in total. The highest BCUT2D eigenvalue weighted by Gasteiger charge is 2.26. The van der Waals surface area contributed by atoms with Crippen LogP contribution in [-0.2, 0) is 4.74 Å². The number of carbonyl (C=O) groups is 1. The maximum absolute atomic E-state index is 11.4. The van der Waals surface area contributed by atoms with Crippen LogP contribution in [0.4, 0.5) is 4.79 Å². The molecule has 1 aromatic rings. The maximum Gasteiger partial charge on any atom is 0.409 e. The van der Waals surface area contributed by atoms with E-state index in [1.807, 2.05) is 13.0 Å². The molecular formula is C10H15N3O3. The van der Waals surface area contributed by atoms with E-state index in [1.54, 1.807) is 4.90 Å². The quantitative estimate of drug-likeness (QED) is 0.761. The van der Waals surface area contributed by atoms with Gasteiger partial charge < -0.3 is 19.5 Å². The second-order valence-electron chi connectivity index (χ2n) is 3.79. The molecule has 1 unspecified atom stereocenters. The van der Waals surface area contributed by atoms with Crippen molar-refractivity contribution < 1.29 is 14.1 Å². The Morgan fingerprint density at radius 1 is 1.75 bits per heavy atom. The SMILES string of the molecule is COC(=O)N1CCNC(c2cc(C)no2)C1. The Hall–Kier alpha value is -1.56. The smallest absolute Gasteiger partial charge is 0.409 e. The van der Waals surface area contributed by atoms with Crippen molar-refractivity contribution >= 4 is 6.09 Å². The highest BCUT2D eigenvalue weighted by atomic mass is 16.5. The summed E-state index contributed by atoms with van der Waals surface area (Å²) in [7, 11) is 1.39. The first-order chi connectivity index (χ1) is 7.70. The van der Waals surface area contributed by atoms with Gasteiger partial charge in [-0.2, -0.15) is 0 Å². The molecule has 88 valence electrons. The summed E-state index contributed by atoms with van der Waals surface area (Å²) in [5.41, 5.74) is 0.840. The number of nitrogens with one attached hydrogen (secondary N) is 1. The maximum atomic E-state index is 11.4. The van der Waals surface area contributed by atoms with E-state index in [-0.39, 0.29) is 12.1 Å². The van der Waals surface area contributed by atoms with Crippen LogP contribution in [0.2, 0.25) is 0 Å². The number of amides is 1. The predicted molar refractivity (Wildman–Crippen MR) is 56.0 cm³/mol. The molecule has 1 aliphatic heterocycles. The Morgan fingerprint density at radius 2 is 2.56 bits per heavy atom. The van der Waals surface area contributed by atoms with E-state index in [0.29, 0.717) is 13.1 Å². The van der Waals surface area contributed by atoms with Crippen LogP contribution in [0, 0.1) is 6.92 Å². The zero-order chi connectivity index (χ0) is 11.5. The molecule has 1 amide bonds. The minimum Gasteiger partial charge on any atom is -0.453 e. The van der Waals surface area contributed by atoms with E-state index in [4.69, 9.17) is 9.26 Å². The molecule has 1 atom stereocenters. The van der Waals surface area contributed by atoms with Crippen molar-refractivity contribution in [3.8, 4) is 0 Å². The summed E-state index contributed by atoms with van der Waals surface area (Å²) in [4.78, 5) is 13.0. The molecule has 1 saturated heterocycles. The third kappa shape index (κ3) is 2.16. The Bertz CT molecular complexity index is 377. The molecule has 1 fully saturated rings. The average Bonchev–Trinajstić information content (AvgIpc) is 2.75. The van der Waals surface area contributed by atoms with Crippen LogP contribution in [0.15, 0.2) is 10.6 Å². The van der Waals surface area contributed by atoms with Gasteiger partial charge in [0.25, 0.3) is 0 Å². The summed E-state index contributed by atoms with van der Waals surface area (Å²) in [5, 5.41) is 7.11. The van der Waals surface area contributed by atoms with Crippen LogP contribution in [0.3, 0.4) is 0 Å². The van der Waals surface area contributed by atoms with Crippen LogP contribution >= 0.6 is 0 Å². The Morgan fingerprint density at radius 3 is 3.19 bits per heavy atom. The molecule has 1 aliphatic rings. The lowest BCUT2D eigenvalue weighted by Crippen LogP contribution is -2.48. The molecule has 6 heteroatoms. The molecule has 0 spiro atoms. The molecule has 0 bridgehead atoms. The summed E-state index contributed by atoms with van der Waals surface area (Å²) in [5.74, 6) is 0.756. The number of ether oxygens (including phenoxy) is 1. The minimum absolute atomic E-state index is 0.00551. The van der Waals surface area contributed by atoms with Gasteiger partial charge in [-0.3, -0.25) is 0 Å². The van der Waals surface area contributed by atoms with Crippen molar-refractivity contribution in [1.82, 2.24) is 15.4 Å². The fourth-order valence-corrected chi connectivity index (χ4v) is 1.78. The van der Waals surface area contributed by atoms with Gasteiger partial charge in [-0.15, -0.1) is 0 Å². The number of aryl methyl sites for hydroxylation is 1. The number of methoxy groups -OCH3 is 1. The lowest BCUT2D eigenvalue weighted by atomic mass is 10.1. The van der Waals surface area contributed by atoms with E-state index >= 15 is 0 Å². The van der Waals surface area contributed by atoms with Crippen molar-refractivity contribution in [1.29, 1.82) is 0 Å². The van der Waals surface area contributed by atoms with Crippen molar-refractivity contribution in [2.24, 2.45) is 0 Å². The number of hydrogen-bond acceptors (Lipinski definition) is 5. The first-order valence-corrected chi connectivity index (χ1v) is 5.20. The highest BCUT2D eigenvalue weighted by molar-refractivity contribution is 5.67. The van der Waals surface area contributed by atoms with E-state index in [2.05, 4.69) is 10.5 Å². The minimum atomic E-state index is -0.303. The van der Waals surface area contributed by atoms with E-state index in [9.17, 15) is 4.79 Å². The lowest BCUT2D eigenvalue weighted by Gasteiger charge is -2.31. The second-order valence-corrected chi connectivity index (χ2v) is 3.79. The van der Waals surface area contributed by atoms with Crippen LogP contribution < -0.4 is 5.32 Å². The normalized spacial score (nSPS) is 20.9. The summed E-state index contributed by atoms with van der Waals surface area (Å²) < 4.78 is 9.87. The molecule has 1 N–H and O–H groups in total. The van der Waals surface area contributed by atoms with Crippen LogP contribution in [0.1, 0.15) is 17.5 Å². The van der Waals surface area contributed by atoms with E-state index in [0.717, 1.165) is 18.0 Å². The number of rotatable bonds is 1. The van der Waals surface area contributed by atoms with Gasteiger partial charge in [0.2, 0.25) is 0 Å². The third-order valence-corrected chi connectivity index (χ3v) is 2.60. The van der Waals surface area contributed by atoms with Gasteiger partial charge in [-0.25, -0.2) is 4.79 Å². The molecule has 0 aliphatic carbocycles. The second kappa shape index (κ2) is 4.52. The fourth-order valence-electron chi connectivity index (χ4n) is 1.78. The number of hydrogen-bond donors (Lipinski definition) is 1. The van der Waals surface area contributed by atoms with Crippen molar-refractivity contribution in [3.05, 3.63) is 17.5 Å². The van der Waals surface area contributed by atoms with E-state index in [1.165, 1.54) is 7.11 Å². The standard InChI is InChI=1S/C10H15N3O3/c1-7-5-9(16-12-7)8-6-13(4-3-11-8)10(14)15-2/h5,8,11H,3-4,6H2,1-2H3. The highest BCUT2D eigenvalue weighted by Crippen LogP contribution is 2.18. The summed E-state index contributed by atoms with van der Waals surface area (Å²) >= 11 is 0. The van der Waals surface area contributed by atoms with E-state index < -0.39 is 0 Å². The Balaban J connectivity index is 2.04. The van der Waals surface area contributed by atoms with Gasteiger partial charge in [-0.05, 0) is 6.92 Å². The molecule has 2 rings (SSSR count). The van der Waals surface area contributed by atoms with Gasteiger partial charge in [0, 0.05) is 25.7 Å². The Kier molecular flexibility index (Phi) is 3.09. The Labute approximate surface area is 93.5 Å². The van der Waals surface area contributed by atoms with Crippen molar-refractivity contribution in [2.45, 2.75) is 13.0 Å². The summed E-state index contributed by atoms with van der Waals surface area (Å²) in [6.07, 6.45) is -0.303. The van der Waals surface area contributed by atoms with Crippen LogP contribution in [-0.4, -0.2) is 42.9 Å². The van der Waals surface area contributed by atoms with Crippen LogP contribution in [0.25, 0.3) is 0 Å². The molecule has 0 radical (unpaired) electrons. The monoisotopic (exact) mass is 225 g/mol. The molecule has 1 aromatic heterocycles. The third-order valence-electron chi connectivity index (χ3n) is 2.60. The van der Waals surface area contributed by atoms with Gasteiger partial charge >= 0.3 is 6.09 Å². The number of carbonyl (C=O) groups excluding carboxylic acids is 1. The molecule has 0 saturated carbocycles. The topological polar surface area (TPSA) is 67.6 Å². The first-order valence-electron chi connectivity index (χ1n) is 5.20. The van der Waals surface area contributed by atoms with Gasteiger partial charge in [-0.1, -0.05) is 5.16 Å². The number of nitrogens with zero attached hydrogens (tertiary/aromatic N) is 2. The molecule has 16 heavy (non-hydrogen) atoms. The first kappa shape index (κ1) is 10.9. The van der Waals surface area contributed by atoms with Crippen molar-refractivity contribution in [3.63, 3.8) is 0 Å². The van der Waals surface area contributed by atoms with Gasteiger partial charge in [0.1, 0.15) is 0 Å². The van der Waals surface area contributed by atoms with Crippen LogP contribution in [0.5, 0.6) is 0 Å².